The van der Waals surface area contributed by atoms with Crippen LogP contribution in [0.2, 0.25) is 0 Å². The molecule has 0 saturated carbocycles. The van der Waals surface area contributed by atoms with Gasteiger partial charge in [0.15, 0.2) is 5.76 Å². The molecule has 12 heavy (non-hydrogen) atoms. The average molecular weight is 161 g/mol. The Morgan fingerprint density at radius 2 is 2.00 bits per heavy atom. The van der Waals surface area contributed by atoms with E-state index in [1.807, 2.05) is 42.4 Å². The largest absolute Gasteiger partial charge is 0.406 e. The van der Waals surface area contributed by atoms with Gasteiger partial charge < -0.3 is 4.84 Å². The van der Waals surface area contributed by atoms with Crippen molar-refractivity contribution in [3.63, 3.8) is 0 Å². The molecular formula is C10H11NO. The molecule has 0 unspecified atom stereocenters. The lowest BCUT2D eigenvalue weighted by atomic mass is 10.2. The first kappa shape index (κ1) is 7.37. The number of hydrogen-bond acceptors (Lipinski definition) is 2. The second kappa shape index (κ2) is 2.99. The van der Waals surface area contributed by atoms with Crippen molar-refractivity contribution in [3.05, 3.63) is 42.0 Å². The van der Waals surface area contributed by atoms with E-state index in [-0.39, 0.29) is 0 Å². The Bertz CT molecular complexity index is 292. The van der Waals surface area contributed by atoms with Crippen molar-refractivity contribution in [2.45, 2.75) is 0 Å². The number of hydrogen-bond donors (Lipinski definition) is 0. The van der Waals surface area contributed by atoms with Gasteiger partial charge in [-0.25, -0.2) is 0 Å². The van der Waals surface area contributed by atoms with Crippen molar-refractivity contribution in [3.8, 4) is 0 Å². The molecule has 0 fully saturated rings. The van der Waals surface area contributed by atoms with Crippen LogP contribution < -0.4 is 0 Å². The van der Waals surface area contributed by atoms with Gasteiger partial charge >= 0.3 is 0 Å². The summed E-state index contributed by atoms with van der Waals surface area (Å²) >= 11 is 0. The van der Waals surface area contributed by atoms with E-state index in [2.05, 4.69) is 6.08 Å². The minimum Gasteiger partial charge on any atom is -0.406 e. The van der Waals surface area contributed by atoms with Crippen LogP contribution in [-0.4, -0.2) is 18.7 Å². The third kappa shape index (κ3) is 1.34. The van der Waals surface area contributed by atoms with Gasteiger partial charge in [0, 0.05) is 12.6 Å². The van der Waals surface area contributed by atoms with E-state index in [0.717, 1.165) is 17.9 Å². The molecule has 0 aliphatic carbocycles. The summed E-state index contributed by atoms with van der Waals surface area (Å²) in [7, 11) is 1.92. The molecule has 2 nitrogen and oxygen atoms in total. The van der Waals surface area contributed by atoms with Crippen LogP contribution in [0.4, 0.5) is 0 Å². The highest BCUT2D eigenvalue weighted by Crippen LogP contribution is 2.20. The minimum atomic E-state index is 0.865. The fourth-order valence-corrected chi connectivity index (χ4v) is 1.23. The SMILES string of the molecule is CN1CC=C(c2ccccc2)O1. The maximum Gasteiger partial charge on any atom is 0.152 e. The van der Waals surface area contributed by atoms with Crippen molar-refractivity contribution < 1.29 is 4.84 Å². The predicted octanol–water partition coefficient (Wildman–Crippen LogP) is 1.90. The average Bonchev–Trinajstić information content (AvgIpc) is 2.54. The van der Waals surface area contributed by atoms with E-state index in [1.54, 1.807) is 0 Å². The summed E-state index contributed by atoms with van der Waals surface area (Å²) in [6, 6.07) is 10.1. The second-order valence-electron chi connectivity index (χ2n) is 2.84. The molecule has 0 saturated heterocycles. The molecular weight excluding hydrogens is 150 g/mol. The highest BCUT2D eigenvalue weighted by atomic mass is 16.7. The summed E-state index contributed by atoms with van der Waals surface area (Å²) in [5.74, 6) is 0.957. The normalized spacial score (nSPS) is 17.2. The summed E-state index contributed by atoms with van der Waals surface area (Å²) in [5.41, 5.74) is 1.14. The van der Waals surface area contributed by atoms with Crippen LogP contribution in [0.3, 0.4) is 0 Å². The molecule has 0 aromatic heterocycles. The maximum atomic E-state index is 5.44. The van der Waals surface area contributed by atoms with Crippen LogP contribution in [0.15, 0.2) is 36.4 Å². The molecule has 0 atom stereocenters. The number of hydroxylamine groups is 2. The Kier molecular flexibility index (Phi) is 1.84. The van der Waals surface area contributed by atoms with E-state index in [1.165, 1.54) is 0 Å². The van der Waals surface area contributed by atoms with Gasteiger partial charge in [0.2, 0.25) is 0 Å². The van der Waals surface area contributed by atoms with Gasteiger partial charge in [0.25, 0.3) is 0 Å². The highest BCUT2D eigenvalue weighted by molar-refractivity contribution is 5.60. The third-order valence-electron chi connectivity index (χ3n) is 1.85. The lowest BCUT2D eigenvalue weighted by molar-refractivity contribution is -0.0339. The first-order valence-electron chi connectivity index (χ1n) is 4.01. The quantitative estimate of drug-likeness (QED) is 0.623. The van der Waals surface area contributed by atoms with E-state index in [9.17, 15) is 0 Å². The number of benzene rings is 1. The zero-order chi connectivity index (χ0) is 8.39. The minimum absolute atomic E-state index is 0.865. The van der Waals surface area contributed by atoms with Crippen LogP contribution in [0.1, 0.15) is 5.56 Å². The van der Waals surface area contributed by atoms with Crippen LogP contribution >= 0.6 is 0 Å². The molecule has 0 radical (unpaired) electrons. The molecule has 2 heteroatoms. The molecule has 0 amide bonds. The number of likely N-dealkylation sites (N-methyl/N-ethyl adjacent to an activating group) is 1. The van der Waals surface area contributed by atoms with Gasteiger partial charge in [-0.2, -0.15) is 0 Å². The Labute approximate surface area is 72.0 Å². The molecule has 62 valence electrons. The van der Waals surface area contributed by atoms with Gasteiger partial charge in [-0.05, 0) is 6.08 Å². The second-order valence-corrected chi connectivity index (χ2v) is 2.84. The van der Waals surface area contributed by atoms with Crippen molar-refractivity contribution in [1.82, 2.24) is 5.06 Å². The van der Waals surface area contributed by atoms with Crippen LogP contribution in [0.5, 0.6) is 0 Å². The van der Waals surface area contributed by atoms with Crippen molar-refractivity contribution in [2.75, 3.05) is 13.6 Å². The van der Waals surface area contributed by atoms with E-state index in [0.29, 0.717) is 0 Å². The Hall–Kier alpha value is -1.28. The monoisotopic (exact) mass is 161 g/mol. The zero-order valence-corrected chi connectivity index (χ0v) is 7.03. The summed E-state index contributed by atoms with van der Waals surface area (Å²) in [6.45, 7) is 0.865. The molecule has 0 N–H and O–H groups in total. The summed E-state index contributed by atoms with van der Waals surface area (Å²) < 4.78 is 0. The summed E-state index contributed by atoms with van der Waals surface area (Å²) in [6.07, 6.45) is 2.08. The number of nitrogens with zero attached hydrogens (tertiary/aromatic N) is 1. The lowest BCUT2D eigenvalue weighted by Crippen LogP contribution is -2.10. The van der Waals surface area contributed by atoms with Crippen LogP contribution in [0.25, 0.3) is 5.76 Å². The summed E-state index contributed by atoms with van der Waals surface area (Å²) in [5, 5.41) is 1.81. The fraction of sp³-hybridized carbons (Fsp3) is 0.200. The molecule has 0 spiro atoms. The van der Waals surface area contributed by atoms with Crippen LogP contribution in [0, 0.1) is 0 Å². The molecule has 1 aliphatic rings. The Balaban J connectivity index is 2.22. The number of rotatable bonds is 1. The Morgan fingerprint density at radius 3 is 2.58 bits per heavy atom. The van der Waals surface area contributed by atoms with E-state index < -0.39 is 0 Å². The van der Waals surface area contributed by atoms with E-state index in [4.69, 9.17) is 4.84 Å². The highest BCUT2D eigenvalue weighted by Gasteiger charge is 2.11. The third-order valence-corrected chi connectivity index (χ3v) is 1.85. The van der Waals surface area contributed by atoms with Crippen molar-refractivity contribution in [1.29, 1.82) is 0 Å². The van der Waals surface area contributed by atoms with Gasteiger partial charge in [-0.15, -0.1) is 5.06 Å². The standard InChI is InChI=1S/C10H11NO/c1-11-8-7-10(12-11)9-5-3-2-4-6-9/h2-7H,8H2,1H3. The molecule has 1 aliphatic heterocycles. The van der Waals surface area contributed by atoms with Gasteiger partial charge in [0.1, 0.15) is 0 Å². The molecule has 1 aromatic rings. The topological polar surface area (TPSA) is 12.5 Å². The zero-order valence-electron chi connectivity index (χ0n) is 7.03. The van der Waals surface area contributed by atoms with Crippen LogP contribution in [-0.2, 0) is 4.84 Å². The van der Waals surface area contributed by atoms with Gasteiger partial charge in [0.05, 0.1) is 6.54 Å². The summed E-state index contributed by atoms with van der Waals surface area (Å²) in [4.78, 5) is 5.44. The molecule has 1 aromatic carbocycles. The fourth-order valence-electron chi connectivity index (χ4n) is 1.23. The first-order valence-corrected chi connectivity index (χ1v) is 4.01. The van der Waals surface area contributed by atoms with Gasteiger partial charge in [-0.3, -0.25) is 0 Å². The molecule has 2 rings (SSSR count). The van der Waals surface area contributed by atoms with Gasteiger partial charge in [-0.1, -0.05) is 30.3 Å². The van der Waals surface area contributed by atoms with Crippen molar-refractivity contribution in [2.24, 2.45) is 0 Å². The lowest BCUT2D eigenvalue weighted by Gasteiger charge is -2.09. The Morgan fingerprint density at radius 1 is 1.25 bits per heavy atom. The van der Waals surface area contributed by atoms with Crippen molar-refractivity contribution >= 4 is 5.76 Å². The van der Waals surface area contributed by atoms with E-state index >= 15 is 0 Å². The maximum absolute atomic E-state index is 5.44. The predicted molar refractivity (Wildman–Crippen MR) is 48.1 cm³/mol. The molecule has 0 bridgehead atoms. The first-order chi connectivity index (χ1) is 5.86. The smallest absolute Gasteiger partial charge is 0.152 e. The molecule has 1 heterocycles.